The molecule has 0 saturated carbocycles. The van der Waals surface area contributed by atoms with Crippen LogP contribution in [0.3, 0.4) is 0 Å². The maximum absolute atomic E-state index is 9.22. The molecular formula is C14H17N3O2. The Balaban J connectivity index is 2.04. The van der Waals surface area contributed by atoms with Crippen molar-refractivity contribution in [3.05, 3.63) is 41.7 Å². The fourth-order valence-corrected chi connectivity index (χ4v) is 1.66. The number of nitrogens with zero attached hydrogens (tertiary/aromatic N) is 2. The van der Waals surface area contributed by atoms with E-state index < -0.39 is 0 Å². The van der Waals surface area contributed by atoms with Gasteiger partial charge in [0.05, 0.1) is 6.61 Å². The molecule has 5 heteroatoms. The molecule has 0 saturated heterocycles. The monoisotopic (exact) mass is 259 g/mol. The molecule has 1 aromatic heterocycles. The highest BCUT2D eigenvalue weighted by molar-refractivity contribution is 5.39. The zero-order chi connectivity index (χ0) is 13.7. The van der Waals surface area contributed by atoms with Crippen LogP contribution in [0, 0.1) is 6.92 Å². The second kappa shape index (κ2) is 6.04. The van der Waals surface area contributed by atoms with Crippen LogP contribution in [-0.4, -0.2) is 21.7 Å². The van der Waals surface area contributed by atoms with Crippen molar-refractivity contribution in [2.75, 3.05) is 11.9 Å². The number of aromatic nitrogens is 2. The lowest BCUT2D eigenvalue weighted by Crippen LogP contribution is -2.04. The first kappa shape index (κ1) is 13.1. The van der Waals surface area contributed by atoms with Gasteiger partial charge < -0.3 is 15.2 Å². The molecule has 0 amide bonds. The van der Waals surface area contributed by atoms with Gasteiger partial charge >= 0.3 is 0 Å². The molecule has 2 rings (SSSR count). The van der Waals surface area contributed by atoms with E-state index in [1.807, 2.05) is 26.0 Å². The minimum atomic E-state index is 0.264. The van der Waals surface area contributed by atoms with Crippen molar-refractivity contribution in [3.8, 4) is 11.6 Å². The summed E-state index contributed by atoms with van der Waals surface area (Å²) < 4.78 is 5.37. The molecule has 100 valence electrons. The Morgan fingerprint density at radius 2 is 1.95 bits per heavy atom. The van der Waals surface area contributed by atoms with E-state index in [1.54, 1.807) is 18.2 Å². The van der Waals surface area contributed by atoms with Gasteiger partial charge in [-0.2, -0.15) is 4.98 Å². The van der Waals surface area contributed by atoms with Crippen LogP contribution < -0.4 is 10.1 Å². The first-order valence-electron chi connectivity index (χ1n) is 6.17. The number of rotatable bonds is 5. The number of aromatic hydroxyl groups is 1. The molecular weight excluding hydrogens is 242 g/mol. The number of ether oxygens (including phenoxy) is 1. The smallest absolute Gasteiger partial charge is 0.218 e. The average Bonchev–Trinajstić information content (AvgIpc) is 2.38. The summed E-state index contributed by atoms with van der Waals surface area (Å²) >= 11 is 0. The number of nitrogens with one attached hydrogen (secondary N) is 1. The Morgan fingerprint density at radius 1 is 1.21 bits per heavy atom. The van der Waals surface area contributed by atoms with Crippen LogP contribution in [0.2, 0.25) is 0 Å². The van der Waals surface area contributed by atoms with Gasteiger partial charge in [0, 0.05) is 12.6 Å². The van der Waals surface area contributed by atoms with E-state index >= 15 is 0 Å². The molecule has 0 aliphatic heterocycles. The Bertz CT molecular complexity index is 541. The standard InChI is InChI=1S/C14H17N3O2/c1-3-19-14-8-13(16-10(2)17-14)15-9-11-4-6-12(18)7-5-11/h4-8,18H,3,9H2,1-2H3,(H,15,16,17). The summed E-state index contributed by atoms with van der Waals surface area (Å²) in [7, 11) is 0. The average molecular weight is 259 g/mol. The molecule has 0 aliphatic carbocycles. The third-order valence-corrected chi connectivity index (χ3v) is 2.52. The predicted octanol–water partition coefficient (Wildman–Crippen LogP) is 2.50. The predicted molar refractivity (Wildman–Crippen MR) is 73.4 cm³/mol. The van der Waals surface area contributed by atoms with E-state index in [1.165, 1.54) is 0 Å². The molecule has 1 heterocycles. The number of benzene rings is 1. The van der Waals surface area contributed by atoms with Crippen molar-refractivity contribution in [1.29, 1.82) is 0 Å². The third-order valence-electron chi connectivity index (χ3n) is 2.52. The Kier molecular flexibility index (Phi) is 4.18. The van der Waals surface area contributed by atoms with Gasteiger partial charge in [-0.15, -0.1) is 0 Å². The van der Waals surface area contributed by atoms with Gasteiger partial charge in [0.25, 0.3) is 0 Å². The largest absolute Gasteiger partial charge is 0.508 e. The van der Waals surface area contributed by atoms with Gasteiger partial charge in [-0.1, -0.05) is 12.1 Å². The molecule has 0 bridgehead atoms. The van der Waals surface area contributed by atoms with Gasteiger partial charge in [-0.25, -0.2) is 4.98 Å². The van der Waals surface area contributed by atoms with Crippen LogP contribution >= 0.6 is 0 Å². The summed E-state index contributed by atoms with van der Waals surface area (Å²) in [6, 6.07) is 8.82. The van der Waals surface area contributed by atoms with Crippen LogP contribution in [0.15, 0.2) is 30.3 Å². The van der Waals surface area contributed by atoms with Gasteiger partial charge in [0.15, 0.2) is 0 Å². The molecule has 0 atom stereocenters. The lowest BCUT2D eigenvalue weighted by atomic mass is 10.2. The van der Waals surface area contributed by atoms with E-state index in [9.17, 15) is 5.11 Å². The first-order chi connectivity index (χ1) is 9.17. The quantitative estimate of drug-likeness (QED) is 0.863. The molecule has 0 fully saturated rings. The van der Waals surface area contributed by atoms with Crippen molar-refractivity contribution in [3.63, 3.8) is 0 Å². The number of phenolic OH excluding ortho intramolecular Hbond substituents is 1. The number of phenols is 1. The Labute approximate surface area is 112 Å². The summed E-state index contributed by atoms with van der Waals surface area (Å²) in [4.78, 5) is 8.48. The number of hydrogen-bond acceptors (Lipinski definition) is 5. The number of hydrogen-bond donors (Lipinski definition) is 2. The molecule has 2 N–H and O–H groups in total. The van der Waals surface area contributed by atoms with Crippen molar-refractivity contribution >= 4 is 5.82 Å². The fourth-order valence-electron chi connectivity index (χ4n) is 1.66. The van der Waals surface area contributed by atoms with E-state index in [0.717, 1.165) is 11.4 Å². The second-order valence-corrected chi connectivity index (χ2v) is 4.09. The summed E-state index contributed by atoms with van der Waals surface area (Å²) in [5, 5.41) is 12.4. The highest BCUT2D eigenvalue weighted by atomic mass is 16.5. The molecule has 5 nitrogen and oxygen atoms in total. The maximum atomic E-state index is 9.22. The molecule has 0 unspecified atom stereocenters. The van der Waals surface area contributed by atoms with Gasteiger partial charge in [0.2, 0.25) is 5.88 Å². The number of aryl methyl sites for hydroxylation is 1. The lowest BCUT2D eigenvalue weighted by Gasteiger charge is -2.09. The normalized spacial score (nSPS) is 10.2. The van der Waals surface area contributed by atoms with Crippen LogP contribution in [0.4, 0.5) is 5.82 Å². The van der Waals surface area contributed by atoms with Crippen molar-refractivity contribution in [1.82, 2.24) is 9.97 Å². The highest BCUT2D eigenvalue weighted by Crippen LogP contribution is 2.15. The Morgan fingerprint density at radius 3 is 2.63 bits per heavy atom. The summed E-state index contributed by atoms with van der Waals surface area (Å²) in [5.41, 5.74) is 1.06. The zero-order valence-electron chi connectivity index (χ0n) is 11.1. The van der Waals surface area contributed by atoms with Gasteiger partial charge in [-0.3, -0.25) is 0 Å². The van der Waals surface area contributed by atoms with E-state index in [4.69, 9.17) is 4.74 Å². The van der Waals surface area contributed by atoms with Crippen LogP contribution in [-0.2, 0) is 6.54 Å². The molecule has 0 spiro atoms. The molecule has 0 radical (unpaired) electrons. The minimum Gasteiger partial charge on any atom is -0.508 e. The van der Waals surface area contributed by atoms with Crippen LogP contribution in [0.5, 0.6) is 11.6 Å². The number of anilines is 1. The lowest BCUT2D eigenvalue weighted by molar-refractivity contribution is 0.325. The topological polar surface area (TPSA) is 67.3 Å². The zero-order valence-corrected chi connectivity index (χ0v) is 11.1. The van der Waals surface area contributed by atoms with Crippen molar-refractivity contribution in [2.45, 2.75) is 20.4 Å². The van der Waals surface area contributed by atoms with Crippen LogP contribution in [0.1, 0.15) is 18.3 Å². The molecule has 19 heavy (non-hydrogen) atoms. The van der Waals surface area contributed by atoms with E-state index in [-0.39, 0.29) is 5.75 Å². The van der Waals surface area contributed by atoms with Gasteiger partial charge in [0.1, 0.15) is 17.4 Å². The Hall–Kier alpha value is -2.30. The third kappa shape index (κ3) is 3.84. The summed E-state index contributed by atoms with van der Waals surface area (Å²) in [5.74, 6) is 2.23. The second-order valence-electron chi connectivity index (χ2n) is 4.09. The highest BCUT2D eigenvalue weighted by Gasteiger charge is 2.02. The first-order valence-corrected chi connectivity index (χ1v) is 6.17. The van der Waals surface area contributed by atoms with E-state index in [0.29, 0.717) is 24.9 Å². The maximum Gasteiger partial charge on any atom is 0.218 e. The van der Waals surface area contributed by atoms with Crippen LogP contribution in [0.25, 0.3) is 0 Å². The molecule has 2 aromatic rings. The van der Waals surface area contributed by atoms with E-state index in [2.05, 4.69) is 15.3 Å². The SMILES string of the molecule is CCOc1cc(NCc2ccc(O)cc2)nc(C)n1. The van der Waals surface area contributed by atoms with Crippen molar-refractivity contribution < 1.29 is 9.84 Å². The molecule has 0 aliphatic rings. The molecule has 1 aromatic carbocycles. The van der Waals surface area contributed by atoms with Gasteiger partial charge in [-0.05, 0) is 31.5 Å². The van der Waals surface area contributed by atoms with Crippen molar-refractivity contribution in [2.24, 2.45) is 0 Å². The minimum absolute atomic E-state index is 0.264. The fraction of sp³-hybridized carbons (Fsp3) is 0.286. The summed E-state index contributed by atoms with van der Waals surface area (Å²) in [6.45, 7) is 4.95. The summed E-state index contributed by atoms with van der Waals surface area (Å²) in [6.07, 6.45) is 0.